The predicted molar refractivity (Wildman–Crippen MR) is 90.1 cm³/mol. The smallest absolute Gasteiger partial charge is 0.217 e. The molecule has 1 heterocycles. The van der Waals surface area contributed by atoms with Gasteiger partial charge in [-0.2, -0.15) is 5.10 Å². The van der Waals surface area contributed by atoms with Crippen molar-refractivity contribution >= 4 is 10.0 Å². The van der Waals surface area contributed by atoms with E-state index in [1.54, 1.807) is 24.0 Å². The Kier molecular flexibility index (Phi) is 5.53. The van der Waals surface area contributed by atoms with Crippen molar-refractivity contribution in [2.45, 2.75) is 51.4 Å². The number of nitrogens with one attached hydrogen (secondary N) is 1. The highest BCUT2D eigenvalue weighted by Gasteiger charge is 2.43. The summed E-state index contributed by atoms with van der Waals surface area (Å²) in [4.78, 5) is 0. The molecule has 1 aliphatic rings. The number of nitrogens with zero attached hydrogens (tertiary/aromatic N) is 2. The van der Waals surface area contributed by atoms with Gasteiger partial charge in [-0.15, -0.1) is 0 Å². The Morgan fingerprint density at radius 3 is 2.74 bits per heavy atom. The third-order valence-electron chi connectivity index (χ3n) is 5.03. The molecular formula is C16H29N3O3S. The van der Waals surface area contributed by atoms with Crippen molar-refractivity contribution in [3.8, 4) is 0 Å². The van der Waals surface area contributed by atoms with Gasteiger partial charge in [0.05, 0.1) is 11.3 Å². The largest absolute Gasteiger partial charge is 0.388 e. The number of aryl methyl sites for hydroxylation is 1. The third kappa shape index (κ3) is 4.55. The fraction of sp³-hybridized carbons (Fsp3) is 0.812. The number of hydrogen-bond donors (Lipinski definition) is 2. The van der Waals surface area contributed by atoms with Crippen LogP contribution in [-0.2, 0) is 22.8 Å². The van der Waals surface area contributed by atoms with Gasteiger partial charge in [0.1, 0.15) is 5.75 Å². The van der Waals surface area contributed by atoms with Crippen molar-refractivity contribution < 1.29 is 13.5 Å². The van der Waals surface area contributed by atoms with Crippen LogP contribution in [0.2, 0.25) is 0 Å². The molecule has 0 aromatic carbocycles. The first kappa shape index (κ1) is 18.4. The highest BCUT2D eigenvalue weighted by molar-refractivity contribution is 7.88. The molecule has 7 heteroatoms. The van der Waals surface area contributed by atoms with Crippen LogP contribution in [0.1, 0.15) is 45.7 Å². The fourth-order valence-corrected chi connectivity index (χ4v) is 5.01. The van der Waals surface area contributed by atoms with Gasteiger partial charge < -0.3 is 5.11 Å². The first-order valence-electron chi connectivity index (χ1n) is 8.29. The molecule has 132 valence electrons. The standard InChI is InChI=1S/C16H29N3O3S/c1-12(2)15-6-5-13(3)9-16(15,20)11-18-23(21,22)10-14-7-8-17-19(14)4/h7-8,12-13,15,18,20H,5-6,9-11H2,1-4H3/t13-,15+,16+/m1/s1. The van der Waals surface area contributed by atoms with Gasteiger partial charge in [0.2, 0.25) is 10.0 Å². The van der Waals surface area contributed by atoms with Gasteiger partial charge in [-0.1, -0.05) is 27.2 Å². The second kappa shape index (κ2) is 6.91. The van der Waals surface area contributed by atoms with Gasteiger partial charge in [0.25, 0.3) is 0 Å². The molecule has 0 aliphatic heterocycles. The number of aliphatic hydroxyl groups is 1. The van der Waals surface area contributed by atoms with Crippen molar-refractivity contribution in [3.05, 3.63) is 18.0 Å². The summed E-state index contributed by atoms with van der Waals surface area (Å²) in [5.74, 6) is 0.741. The molecule has 1 aromatic heterocycles. The Morgan fingerprint density at radius 1 is 1.48 bits per heavy atom. The van der Waals surface area contributed by atoms with Crippen LogP contribution in [0.3, 0.4) is 0 Å². The first-order valence-corrected chi connectivity index (χ1v) is 9.95. The van der Waals surface area contributed by atoms with Gasteiger partial charge in [-0.05, 0) is 36.7 Å². The monoisotopic (exact) mass is 343 g/mol. The highest BCUT2D eigenvalue weighted by atomic mass is 32.2. The summed E-state index contributed by atoms with van der Waals surface area (Å²) in [6, 6.07) is 1.69. The maximum absolute atomic E-state index is 12.3. The molecule has 23 heavy (non-hydrogen) atoms. The van der Waals surface area contributed by atoms with E-state index in [1.807, 2.05) is 0 Å². The van der Waals surface area contributed by atoms with Gasteiger partial charge in [0.15, 0.2) is 0 Å². The minimum absolute atomic E-state index is 0.0837. The summed E-state index contributed by atoms with van der Waals surface area (Å²) in [5, 5.41) is 15.1. The summed E-state index contributed by atoms with van der Waals surface area (Å²) in [6.45, 7) is 6.39. The van der Waals surface area contributed by atoms with Crippen LogP contribution in [-0.4, -0.2) is 35.5 Å². The lowest BCUT2D eigenvalue weighted by molar-refractivity contribution is -0.0748. The number of hydrogen-bond acceptors (Lipinski definition) is 4. The van der Waals surface area contributed by atoms with Crippen LogP contribution in [0.4, 0.5) is 0 Å². The van der Waals surface area contributed by atoms with E-state index in [1.165, 1.54) is 0 Å². The molecule has 2 rings (SSSR count). The van der Waals surface area contributed by atoms with Crippen LogP contribution < -0.4 is 4.72 Å². The molecule has 1 aromatic rings. The van der Waals surface area contributed by atoms with Gasteiger partial charge >= 0.3 is 0 Å². The van der Waals surface area contributed by atoms with Crippen LogP contribution in [0.25, 0.3) is 0 Å². The van der Waals surface area contributed by atoms with Crippen LogP contribution >= 0.6 is 0 Å². The molecule has 0 saturated heterocycles. The Morgan fingerprint density at radius 2 is 2.17 bits per heavy atom. The van der Waals surface area contributed by atoms with Crippen molar-refractivity contribution in [1.82, 2.24) is 14.5 Å². The van der Waals surface area contributed by atoms with E-state index < -0.39 is 15.6 Å². The topological polar surface area (TPSA) is 84.2 Å². The van der Waals surface area contributed by atoms with Crippen molar-refractivity contribution in [1.29, 1.82) is 0 Å². The minimum atomic E-state index is -3.50. The number of rotatable bonds is 6. The van der Waals surface area contributed by atoms with Gasteiger partial charge in [0, 0.05) is 19.8 Å². The summed E-state index contributed by atoms with van der Waals surface area (Å²) in [5.41, 5.74) is -0.340. The molecule has 0 spiro atoms. The zero-order chi connectivity index (χ0) is 17.3. The SMILES string of the molecule is CC(C)[C@@H]1CC[C@@H](C)C[C@]1(O)CNS(=O)(=O)Cc1ccnn1C. The lowest BCUT2D eigenvalue weighted by Gasteiger charge is -2.44. The van der Waals surface area contributed by atoms with Gasteiger partial charge in [-0.3, -0.25) is 4.68 Å². The quantitative estimate of drug-likeness (QED) is 0.823. The lowest BCUT2D eigenvalue weighted by atomic mass is 9.67. The average Bonchev–Trinajstić information content (AvgIpc) is 2.81. The van der Waals surface area contributed by atoms with Crippen LogP contribution in [0.5, 0.6) is 0 Å². The number of aromatic nitrogens is 2. The van der Waals surface area contributed by atoms with Crippen LogP contribution in [0, 0.1) is 17.8 Å². The normalized spacial score (nSPS) is 29.1. The predicted octanol–water partition coefficient (Wildman–Crippen LogP) is 1.66. The third-order valence-corrected chi connectivity index (χ3v) is 6.29. The first-order chi connectivity index (χ1) is 10.6. The molecule has 0 unspecified atom stereocenters. The molecule has 0 amide bonds. The number of sulfonamides is 1. The summed E-state index contributed by atoms with van der Waals surface area (Å²) in [7, 11) is -1.78. The molecule has 0 radical (unpaired) electrons. The van der Waals surface area contributed by atoms with Crippen LogP contribution in [0.15, 0.2) is 12.3 Å². The van der Waals surface area contributed by atoms with E-state index in [2.05, 4.69) is 30.6 Å². The van der Waals surface area contributed by atoms with Crippen molar-refractivity contribution in [2.24, 2.45) is 24.8 Å². The maximum Gasteiger partial charge on any atom is 0.217 e. The Bertz CT molecular complexity index is 626. The summed E-state index contributed by atoms with van der Waals surface area (Å²) in [6.07, 6.45) is 4.26. The van der Waals surface area contributed by atoms with Gasteiger partial charge in [-0.25, -0.2) is 13.1 Å². The molecule has 0 bridgehead atoms. The molecule has 6 nitrogen and oxygen atoms in total. The van der Waals surface area contributed by atoms with E-state index in [0.29, 0.717) is 24.0 Å². The molecule has 3 atom stereocenters. The van der Waals surface area contributed by atoms with E-state index >= 15 is 0 Å². The zero-order valence-electron chi connectivity index (χ0n) is 14.5. The Hall–Kier alpha value is -0.920. The molecular weight excluding hydrogens is 314 g/mol. The summed E-state index contributed by atoms with van der Waals surface area (Å²) >= 11 is 0. The van der Waals surface area contributed by atoms with Crippen molar-refractivity contribution in [2.75, 3.05) is 6.54 Å². The molecule has 1 fully saturated rings. The van der Waals surface area contributed by atoms with Crippen molar-refractivity contribution in [3.63, 3.8) is 0 Å². The second-order valence-electron chi connectivity index (χ2n) is 7.37. The Balaban J connectivity index is 2.05. The lowest BCUT2D eigenvalue weighted by Crippen LogP contribution is -2.53. The molecule has 1 saturated carbocycles. The Labute approximate surface area is 139 Å². The molecule has 2 N–H and O–H groups in total. The van der Waals surface area contributed by atoms with E-state index in [-0.39, 0.29) is 18.2 Å². The average molecular weight is 343 g/mol. The maximum atomic E-state index is 12.3. The molecule has 1 aliphatic carbocycles. The van der Waals surface area contributed by atoms with E-state index in [0.717, 1.165) is 12.8 Å². The van der Waals surface area contributed by atoms with E-state index in [9.17, 15) is 13.5 Å². The second-order valence-corrected chi connectivity index (χ2v) is 9.17. The summed E-state index contributed by atoms with van der Waals surface area (Å²) < 4.78 is 28.8. The zero-order valence-corrected chi connectivity index (χ0v) is 15.3. The highest BCUT2D eigenvalue weighted by Crippen LogP contribution is 2.40. The minimum Gasteiger partial charge on any atom is -0.388 e. The van der Waals surface area contributed by atoms with E-state index in [4.69, 9.17) is 0 Å². The fourth-order valence-electron chi connectivity index (χ4n) is 3.77.